The van der Waals surface area contributed by atoms with Crippen molar-refractivity contribution in [2.75, 3.05) is 32.7 Å². The zero-order valence-electron chi connectivity index (χ0n) is 13.2. The van der Waals surface area contributed by atoms with Gasteiger partial charge >= 0.3 is 6.18 Å². The summed E-state index contributed by atoms with van der Waals surface area (Å²) in [5, 5.41) is 0. The lowest BCUT2D eigenvalue weighted by Crippen LogP contribution is -2.52. The average Bonchev–Trinajstić information content (AvgIpc) is 2.66. The van der Waals surface area contributed by atoms with Crippen molar-refractivity contribution >= 4 is 5.96 Å². The molecule has 1 unspecified atom stereocenters. The van der Waals surface area contributed by atoms with E-state index in [0.717, 1.165) is 19.6 Å². The zero-order chi connectivity index (χ0) is 16.1. The van der Waals surface area contributed by atoms with Crippen LogP contribution in [-0.4, -0.2) is 60.2 Å². The first kappa shape index (κ1) is 18.1. The van der Waals surface area contributed by atoms with Crippen molar-refractivity contribution in [2.24, 2.45) is 10.7 Å². The van der Waals surface area contributed by atoms with E-state index in [1.165, 1.54) is 0 Å². The van der Waals surface area contributed by atoms with Crippen LogP contribution in [0.5, 0.6) is 0 Å². The first-order valence-corrected chi connectivity index (χ1v) is 7.58. The van der Waals surface area contributed by atoms with E-state index < -0.39 is 12.6 Å². The second kappa shape index (κ2) is 7.33. The normalized spacial score (nSPS) is 23.0. The van der Waals surface area contributed by atoms with Crippen LogP contribution in [0.4, 0.5) is 13.2 Å². The van der Waals surface area contributed by atoms with E-state index in [0.29, 0.717) is 25.5 Å². The predicted octanol–water partition coefficient (Wildman–Crippen LogP) is 2.45. The molecule has 1 atom stereocenters. The minimum atomic E-state index is -4.09. The smallest absolute Gasteiger partial charge is 0.370 e. The Balaban J connectivity index is 2.55. The highest BCUT2D eigenvalue weighted by molar-refractivity contribution is 5.80. The van der Waals surface area contributed by atoms with Gasteiger partial charge < -0.3 is 15.5 Å². The molecule has 0 saturated heterocycles. The topological polar surface area (TPSA) is 44.9 Å². The molecule has 1 heterocycles. The van der Waals surface area contributed by atoms with Gasteiger partial charge in [-0.1, -0.05) is 13.8 Å². The van der Waals surface area contributed by atoms with E-state index in [1.54, 1.807) is 0 Å². The van der Waals surface area contributed by atoms with Crippen molar-refractivity contribution in [1.29, 1.82) is 0 Å². The van der Waals surface area contributed by atoms with E-state index in [-0.39, 0.29) is 12.0 Å². The minimum Gasteiger partial charge on any atom is -0.370 e. The summed E-state index contributed by atoms with van der Waals surface area (Å²) in [5.74, 6) is 0.455. The van der Waals surface area contributed by atoms with Gasteiger partial charge in [0.05, 0.1) is 12.1 Å². The molecule has 1 aliphatic heterocycles. The van der Waals surface area contributed by atoms with Gasteiger partial charge in [0, 0.05) is 19.5 Å². The first-order valence-electron chi connectivity index (χ1n) is 7.58. The summed E-state index contributed by atoms with van der Waals surface area (Å²) in [5.41, 5.74) is 5.53. The summed E-state index contributed by atoms with van der Waals surface area (Å²) in [6.45, 7) is 10.1. The lowest BCUT2D eigenvalue weighted by molar-refractivity contribution is -0.136. The van der Waals surface area contributed by atoms with E-state index in [4.69, 9.17) is 5.73 Å². The number of guanidine groups is 1. The maximum atomic E-state index is 12.3. The van der Waals surface area contributed by atoms with Crippen molar-refractivity contribution < 1.29 is 13.2 Å². The molecule has 0 radical (unpaired) electrons. The SMILES string of the molecule is CCN(CC)CCN1C(N)=NCC1(C)CCCC(F)(F)F. The number of alkyl halides is 3. The van der Waals surface area contributed by atoms with Gasteiger partial charge in [-0.05, 0) is 32.9 Å². The highest BCUT2D eigenvalue weighted by Gasteiger charge is 2.38. The second-order valence-electron chi connectivity index (χ2n) is 5.82. The quantitative estimate of drug-likeness (QED) is 0.749. The van der Waals surface area contributed by atoms with Gasteiger partial charge in [-0.3, -0.25) is 4.99 Å². The van der Waals surface area contributed by atoms with E-state index in [1.807, 2.05) is 11.8 Å². The Morgan fingerprint density at radius 1 is 1.33 bits per heavy atom. The minimum absolute atomic E-state index is 0.116. The molecule has 4 nitrogen and oxygen atoms in total. The van der Waals surface area contributed by atoms with Crippen LogP contribution in [0, 0.1) is 0 Å². The number of rotatable bonds is 8. The van der Waals surface area contributed by atoms with Crippen LogP contribution < -0.4 is 5.73 Å². The largest absolute Gasteiger partial charge is 0.389 e. The van der Waals surface area contributed by atoms with E-state index in [9.17, 15) is 13.2 Å². The molecular formula is C14H27F3N4. The average molecular weight is 308 g/mol. The monoisotopic (exact) mass is 308 g/mol. The number of likely N-dealkylation sites (N-methyl/N-ethyl adjacent to an activating group) is 1. The number of nitrogens with two attached hydrogens (primary N) is 1. The molecule has 7 heteroatoms. The maximum Gasteiger partial charge on any atom is 0.389 e. The number of hydrogen-bond acceptors (Lipinski definition) is 4. The molecule has 0 aromatic carbocycles. The Kier molecular flexibility index (Phi) is 6.31. The standard InChI is InChI=1S/C14H27F3N4/c1-4-20(5-2)9-10-21-12(18)19-11-13(21,3)7-6-8-14(15,16)17/h4-11H2,1-3H3,(H2,18,19). The molecule has 0 aromatic heterocycles. The fourth-order valence-electron chi connectivity index (χ4n) is 2.75. The fourth-order valence-corrected chi connectivity index (χ4v) is 2.75. The molecule has 0 spiro atoms. The van der Waals surface area contributed by atoms with Gasteiger partial charge in [0.25, 0.3) is 0 Å². The maximum absolute atomic E-state index is 12.3. The molecule has 0 bridgehead atoms. The van der Waals surface area contributed by atoms with Crippen LogP contribution in [0.2, 0.25) is 0 Å². The first-order chi connectivity index (χ1) is 9.72. The molecular weight excluding hydrogens is 281 g/mol. The van der Waals surface area contributed by atoms with Gasteiger partial charge in [-0.2, -0.15) is 13.2 Å². The van der Waals surface area contributed by atoms with Crippen LogP contribution in [0.3, 0.4) is 0 Å². The van der Waals surface area contributed by atoms with Crippen molar-refractivity contribution in [2.45, 2.75) is 51.7 Å². The Morgan fingerprint density at radius 3 is 2.48 bits per heavy atom. The third-order valence-corrected chi connectivity index (χ3v) is 4.22. The van der Waals surface area contributed by atoms with Crippen molar-refractivity contribution in [3.05, 3.63) is 0 Å². The van der Waals surface area contributed by atoms with Crippen LogP contribution in [0.15, 0.2) is 4.99 Å². The van der Waals surface area contributed by atoms with Gasteiger partial charge in [0.15, 0.2) is 5.96 Å². The molecule has 0 amide bonds. The number of aliphatic imine (C=N–C) groups is 1. The van der Waals surface area contributed by atoms with Crippen molar-refractivity contribution in [1.82, 2.24) is 9.80 Å². The zero-order valence-corrected chi connectivity index (χ0v) is 13.2. The molecule has 1 rings (SSSR count). The lowest BCUT2D eigenvalue weighted by atomic mass is 9.93. The molecule has 21 heavy (non-hydrogen) atoms. The molecule has 0 saturated carbocycles. The third-order valence-electron chi connectivity index (χ3n) is 4.22. The summed E-state index contributed by atoms with van der Waals surface area (Å²) in [4.78, 5) is 8.48. The molecule has 0 fully saturated rings. The predicted molar refractivity (Wildman–Crippen MR) is 79.3 cm³/mol. The van der Waals surface area contributed by atoms with Crippen LogP contribution in [0.1, 0.15) is 40.0 Å². The van der Waals surface area contributed by atoms with Gasteiger partial charge in [-0.15, -0.1) is 0 Å². The Labute approximate surface area is 125 Å². The Bertz CT molecular complexity index is 353. The number of halogens is 3. The van der Waals surface area contributed by atoms with Crippen LogP contribution >= 0.6 is 0 Å². The van der Waals surface area contributed by atoms with Gasteiger partial charge in [-0.25, -0.2) is 0 Å². The summed E-state index contributed by atoms with van der Waals surface area (Å²) in [7, 11) is 0. The molecule has 124 valence electrons. The van der Waals surface area contributed by atoms with Crippen molar-refractivity contribution in [3.63, 3.8) is 0 Å². The van der Waals surface area contributed by atoms with Gasteiger partial charge in [0.2, 0.25) is 0 Å². The van der Waals surface area contributed by atoms with Crippen LogP contribution in [-0.2, 0) is 0 Å². The number of hydrogen-bond donors (Lipinski definition) is 1. The summed E-state index contributed by atoms with van der Waals surface area (Å²) in [6, 6.07) is 0. The number of nitrogens with zero attached hydrogens (tertiary/aromatic N) is 3. The Morgan fingerprint density at radius 2 is 1.95 bits per heavy atom. The van der Waals surface area contributed by atoms with E-state index >= 15 is 0 Å². The summed E-state index contributed by atoms with van der Waals surface area (Å²) >= 11 is 0. The van der Waals surface area contributed by atoms with Crippen LogP contribution in [0.25, 0.3) is 0 Å². The Hall–Kier alpha value is -0.980. The highest BCUT2D eigenvalue weighted by Crippen LogP contribution is 2.30. The highest BCUT2D eigenvalue weighted by atomic mass is 19.4. The second-order valence-corrected chi connectivity index (χ2v) is 5.82. The van der Waals surface area contributed by atoms with E-state index in [2.05, 4.69) is 23.7 Å². The van der Waals surface area contributed by atoms with Gasteiger partial charge in [0.1, 0.15) is 0 Å². The molecule has 1 aliphatic rings. The third kappa shape index (κ3) is 5.37. The lowest BCUT2D eigenvalue weighted by Gasteiger charge is -2.37. The molecule has 0 aliphatic carbocycles. The summed E-state index contributed by atoms with van der Waals surface area (Å²) in [6.07, 6.45) is -4.26. The van der Waals surface area contributed by atoms with Crippen molar-refractivity contribution in [3.8, 4) is 0 Å². The molecule has 2 N–H and O–H groups in total. The fraction of sp³-hybridized carbons (Fsp3) is 0.929. The summed E-state index contributed by atoms with van der Waals surface area (Å²) < 4.78 is 36.9. The molecule has 0 aromatic rings.